The number of hydrogen-bond donors (Lipinski definition) is 2. The maximum Gasteiger partial charge on any atom is 0.265 e. The van der Waals surface area contributed by atoms with Gasteiger partial charge in [-0.25, -0.2) is 13.1 Å². The standard InChI is InChI=1S/C30H28N2O5S/c1-38(34,35)32-30(33)27-4-2-3-24(29(27)25-12-11-23-13-16-31-28(23)19-25)10-9-21-5-7-22(8-6-21)20-37-26-14-17-36-18-15-26/h2-8,11-13,16,19,26,31H,14-15,17-18,20H2,1H3,(H,32,33). The van der Waals surface area contributed by atoms with Crippen LogP contribution in [0.3, 0.4) is 0 Å². The second-order valence-corrected chi connectivity index (χ2v) is 11.0. The van der Waals surface area contributed by atoms with E-state index in [0.29, 0.717) is 17.7 Å². The van der Waals surface area contributed by atoms with E-state index in [-0.39, 0.29) is 11.7 Å². The molecule has 0 saturated carbocycles. The molecule has 1 aromatic heterocycles. The third-order valence-electron chi connectivity index (χ3n) is 6.38. The molecule has 0 unspecified atom stereocenters. The summed E-state index contributed by atoms with van der Waals surface area (Å²) in [7, 11) is -3.74. The Balaban J connectivity index is 1.45. The molecule has 5 rings (SSSR count). The number of sulfonamides is 1. The van der Waals surface area contributed by atoms with Gasteiger partial charge in [0.2, 0.25) is 10.0 Å². The highest BCUT2D eigenvalue weighted by Crippen LogP contribution is 2.30. The van der Waals surface area contributed by atoms with Crippen molar-refractivity contribution in [2.45, 2.75) is 25.6 Å². The molecular formula is C30H28N2O5S. The third-order valence-corrected chi connectivity index (χ3v) is 6.94. The van der Waals surface area contributed by atoms with Crippen LogP contribution in [0.1, 0.15) is 39.9 Å². The molecule has 1 fully saturated rings. The SMILES string of the molecule is CS(=O)(=O)NC(=O)c1cccc(C#Cc2ccc(COC3CCOCC3)cc2)c1-c1ccc2cc[nH]c2c1. The van der Waals surface area contributed by atoms with E-state index < -0.39 is 15.9 Å². The van der Waals surface area contributed by atoms with Gasteiger partial charge >= 0.3 is 0 Å². The number of hydrogen-bond acceptors (Lipinski definition) is 5. The number of H-pyrrole nitrogens is 1. The fraction of sp³-hybridized carbons (Fsp3) is 0.233. The first kappa shape index (κ1) is 25.7. The van der Waals surface area contributed by atoms with Gasteiger partial charge in [0.05, 0.1) is 19.0 Å². The van der Waals surface area contributed by atoms with Crippen molar-refractivity contribution in [1.82, 2.24) is 9.71 Å². The van der Waals surface area contributed by atoms with Crippen molar-refractivity contribution in [3.63, 3.8) is 0 Å². The van der Waals surface area contributed by atoms with Crippen LogP contribution in [0.25, 0.3) is 22.0 Å². The molecule has 1 aliphatic rings. The zero-order valence-corrected chi connectivity index (χ0v) is 21.8. The summed E-state index contributed by atoms with van der Waals surface area (Å²) < 4.78 is 37.0. The molecule has 1 saturated heterocycles. The first-order chi connectivity index (χ1) is 18.4. The number of ether oxygens (including phenoxy) is 2. The number of aromatic amines is 1. The van der Waals surface area contributed by atoms with Crippen LogP contribution in [0, 0.1) is 11.8 Å². The molecule has 38 heavy (non-hydrogen) atoms. The third kappa shape index (κ3) is 6.32. The van der Waals surface area contributed by atoms with E-state index in [1.54, 1.807) is 12.1 Å². The van der Waals surface area contributed by atoms with Gasteiger partial charge in [0.1, 0.15) is 0 Å². The molecule has 7 nitrogen and oxygen atoms in total. The quantitative estimate of drug-likeness (QED) is 0.356. The predicted molar refractivity (Wildman–Crippen MR) is 147 cm³/mol. The van der Waals surface area contributed by atoms with Crippen LogP contribution in [0.2, 0.25) is 0 Å². The molecule has 194 valence electrons. The van der Waals surface area contributed by atoms with Gasteiger partial charge in [-0.3, -0.25) is 4.79 Å². The molecule has 1 amide bonds. The Morgan fingerprint density at radius 1 is 1.05 bits per heavy atom. The summed E-state index contributed by atoms with van der Waals surface area (Å²) in [6.45, 7) is 2.04. The molecule has 1 aliphatic heterocycles. The Morgan fingerprint density at radius 2 is 1.84 bits per heavy atom. The van der Waals surface area contributed by atoms with Gasteiger partial charge in [-0.05, 0) is 65.8 Å². The van der Waals surface area contributed by atoms with Gasteiger partial charge in [-0.1, -0.05) is 42.2 Å². The van der Waals surface area contributed by atoms with Crippen LogP contribution < -0.4 is 4.72 Å². The number of rotatable bonds is 6. The van der Waals surface area contributed by atoms with Crippen molar-refractivity contribution >= 4 is 26.8 Å². The summed E-state index contributed by atoms with van der Waals surface area (Å²) in [5, 5.41) is 1.03. The van der Waals surface area contributed by atoms with Gasteiger partial charge < -0.3 is 14.5 Å². The van der Waals surface area contributed by atoms with Crippen LogP contribution in [0.5, 0.6) is 0 Å². The molecule has 4 aromatic rings. The van der Waals surface area contributed by atoms with Crippen molar-refractivity contribution in [2.75, 3.05) is 19.5 Å². The zero-order valence-electron chi connectivity index (χ0n) is 21.0. The number of nitrogens with one attached hydrogen (secondary N) is 2. The fourth-order valence-electron chi connectivity index (χ4n) is 4.46. The van der Waals surface area contributed by atoms with Crippen LogP contribution >= 0.6 is 0 Å². The van der Waals surface area contributed by atoms with Crippen molar-refractivity contribution in [3.05, 3.63) is 95.2 Å². The topological polar surface area (TPSA) is 97.5 Å². The van der Waals surface area contributed by atoms with E-state index in [0.717, 1.165) is 59.9 Å². The van der Waals surface area contributed by atoms with Gasteiger partial charge in [-0.15, -0.1) is 0 Å². The normalized spacial score (nSPS) is 14.1. The van der Waals surface area contributed by atoms with E-state index in [1.807, 2.05) is 60.8 Å². The van der Waals surface area contributed by atoms with E-state index >= 15 is 0 Å². The highest BCUT2D eigenvalue weighted by Gasteiger charge is 2.19. The van der Waals surface area contributed by atoms with Crippen LogP contribution in [-0.2, 0) is 26.1 Å². The largest absolute Gasteiger partial charge is 0.381 e. The molecule has 0 spiro atoms. The summed E-state index contributed by atoms with van der Waals surface area (Å²) in [5.41, 5.74) is 4.96. The monoisotopic (exact) mass is 528 g/mol. The lowest BCUT2D eigenvalue weighted by Gasteiger charge is -2.22. The van der Waals surface area contributed by atoms with E-state index in [2.05, 4.69) is 21.5 Å². The fourth-order valence-corrected chi connectivity index (χ4v) is 4.91. The first-order valence-electron chi connectivity index (χ1n) is 12.4. The van der Waals surface area contributed by atoms with E-state index in [4.69, 9.17) is 9.47 Å². The second kappa shape index (κ2) is 11.2. The number of benzene rings is 3. The minimum atomic E-state index is -3.74. The molecule has 0 radical (unpaired) electrons. The Bertz CT molecular complexity index is 1620. The molecule has 2 N–H and O–H groups in total. The summed E-state index contributed by atoms with van der Waals surface area (Å²) in [6.07, 6.45) is 4.88. The van der Waals surface area contributed by atoms with E-state index in [1.165, 1.54) is 0 Å². The Hall–Kier alpha value is -3.90. The number of fused-ring (bicyclic) bond motifs is 1. The lowest BCUT2D eigenvalue weighted by molar-refractivity contribution is -0.0390. The molecule has 8 heteroatoms. The Kier molecular flexibility index (Phi) is 7.61. The number of aromatic nitrogens is 1. The van der Waals surface area contributed by atoms with Crippen LogP contribution in [0.15, 0.2) is 72.9 Å². The molecule has 0 aliphatic carbocycles. The Labute approximate surface area is 222 Å². The average Bonchev–Trinajstić information content (AvgIpc) is 3.39. The lowest BCUT2D eigenvalue weighted by Crippen LogP contribution is -2.29. The predicted octanol–water partition coefficient (Wildman–Crippen LogP) is 4.62. The van der Waals surface area contributed by atoms with Crippen LogP contribution in [0.4, 0.5) is 0 Å². The maximum atomic E-state index is 12.9. The maximum absolute atomic E-state index is 12.9. The van der Waals surface area contributed by atoms with Gasteiger partial charge in [-0.2, -0.15) is 0 Å². The number of amides is 1. The van der Waals surface area contributed by atoms with Gasteiger partial charge in [0.25, 0.3) is 5.91 Å². The van der Waals surface area contributed by atoms with Crippen molar-refractivity contribution in [2.24, 2.45) is 0 Å². The highest BCUT2D eigenvalue weighted by atomic mass is 32.2. The zero-order chi connectivity index (χ0) is 26.5. The molecule has 0 atom stereocenters. The van der Waals surface area contributed by atoms with Gasteiger partial charge in [0, 0.05) is 47.2 Å². The first-order valence-corrected chi connectivity index (χ1v) is 14.3. The number of carbonyl (C=O) groups excluding carboxylic acids is 1. The Morgan fingerprint density at radius 3 is 2.61 bits per heavy atom. The van der Waals surface area contributed by atoms with Crippen molar-refractivity contribution in [1.29, 1.82) is 0 Å². The van der Waals surface area contributed by atoms with E-state index in [9.17, 15) is 13.2 Å². The smallest absolute Gasteiger partial charge is 0.265 e. The summed E-state index contributed by atoms with van der Waals surface area (Å²) in [6, 6.07) is 20.8. The molecule has 3 aromatic carbocycles. The van der Waals surface area contributed by atoms with Crippen LogP contribution in [-0.4, -0.2) is 44.9 Å². The van der Waals surface area contributed by atoms with Crippen molar-refractivity contribution < 1.29 is 22.7 Å². The minimum Gasteiger partial charge on any atom is -0.381 e. The van der Waals surface area contributed by atoms with Crippen molar-refractivity contribution in [3.8, 4) is 23.0 Å². The summed E-state index contributed by atoms with van der Waals surface area (Å²) >= 11 is 0. The summed E-state index contributed by atoms with van der Waals surface area (Å²) in [5.74, 6) is 5.68. The molecular weight excluding hydrogens is 500 g/mol. The molecule has 2 heterocycles. The highest BCUT2D eigenvalue weighted by molar-refractivity contribution is 7.89. The summed E-state index contributed by atoms with van der Waals surface area (Å²) in [4.78, 5) is 16.1. The number of carbonyl (C=O) groups is 1. The lowest BCUT2D eigenvalue weighted by atomic mass is 9.93. The van der Waals surface area contributed by atoms with Gasteiger partial charge in [0.15, 0.2) is 0 Å². The molecule has 0 bridgehead atoms. The average molecular weight is 529 g/mol. The second-order valence-electron chi connectivity index (χ2n) is 9.28. The minimum absolute atomic E-state index is 0.230.